The number of allylic oxidation sites excluding steroid dienone is 2. The van der Waals surface area contributed by atoms with Crippen LogP contribution >= 0.6 is 0 Å². The van der Waals surface area contributed by atoms with Gasteiger partial charge >= 0.3 is 5.97 Å². The number of fused-ring (bicyclic) bond motifs is 7. The fourth-order valence-electron chi connectivity index (χ4n) is 14.7. The summed E-state index contributed by atoms with van der Waals surface area (Å²) in [5.41, 5.74) is 0.681. The average Bonchev–Trinajstić information content (AvgIpc) is 3.22. The van der Waals surface area contributed by atoms with Crippen molar-refractivity contribution in [3.63, 3.8) is 0 Å². The third-order valence-corrected chi connectivity index (χ3v) is 18.6. The number of amides is 1. The van der Waals surface area contributed by atoms with Crippen molar-refractivity contribution in [3.05, 3.63) is 11.6 Å². The van der Waals surface area contributed by atoms with Gasteiger partial charge < -0.3 is 65.1 Å². The summed E-state index contributed by atoms with van der Waals surface area (Å²) in [4.78, 5) is 25.4. The highest BCUT2D eigenvalue weighted by Crippen LogP contribution is 2.76. The number of hydrogen-bond donors (Lipinski definition) is 9. The SMILES string of the molecule is CC1(C)CC[C@]2(C(=O)NCCCCCC(=O)O)CC[C@]3(C)C(=CCC4[C@@]5(C)CC[C@H](O[C@@H]6O[C@H](CO)[C@@H](O[C@@H]7O[C@H](CO)[C@H](O)[C@H](O)[C@H]7O)[C@H](O)[C@H]6O)C(C)(C)C5CC[C@]43C)C2C1. The quantitative estimate of drug-likeness (QED) is 0.0730. The molecule has 2 saturated heterocycles. The number of aliphatic hydroxyl groups excluding tert-OH is 7. The molecule has 18 atom stereocenters. The van der Waals surface area contributed by atoms with Crippen molar-refractivity contribution < 1.29 is 69.4 Å². The normalized spacial score (nSPS) is 47.8. The molecular formula is C48H79NO14. The summed E-state index contributed by atoms with van der Waals surface area (Å²) in [6, 6.07) is 0. The minimum atomic E-state index is -1.75. The number of rotatable bonds is 13. The number of carboxylic acid groups (broad SMARTS) is 1. The Morgan fingerprint density at radius 3 is 2.06 bits per heavy atom. The predicted octanol–water partition coefficient (Wildman–Crippen LogP) is 3.56. The summed E-state index contributed by atoms with van der Waals surface area (Å²) < 4.78 is 24.0. The number of aliphatic hydroxyl groups is 7. The molecule has 7 aliphatic rings. The second-order valence-electron chi connectivity index (χ2n) is 22.8. The monoisotopic (exact) mass is 894 g/mol. The summed E-state index contributed by atoms with van der Waals surface area (Å²) in [6.45, 7) is 15.9. The minimum Gasteiger partial charge on any atom is -0.481 e. The molecule has 2 aliphatic heterocycles. The fourth-order valence-corrected chi connectivity index (χ4v) is 14.7. The number of carbonyl (C=O) groups is 2. The van der Waals surface area contributed by atoms with Gasteiger partial charge in [0, 0.05) is 13.0 Å². The summed E-state index contributed by atoms with van der Waals surface area (Å²) in [7, 11) is 0. The van der Waals surface area contributed by atoms with Gasteiger partial charge in [-0.25, -0.2) is 0 Å². The Kier molecular flexibility index (Phi) is 14.1. The van der Waals surface area contributed by atoms with Gasteiger partial charge in [0.15, 0.2) is 12.6 Å². The van der Waals surface area contributed by atoms with E-state index in [9.17, 15) is 45.3 Å². The molecule has 0 aromatic carbocycles. The number of aliphatic carboxylic acids is 1. The maximum absolute atomic E-state index is 14.4. The molecule has 0 radical (unpaired) electrons. The Morgan fingerprint density at radius 1 is 0.730 bits per heavy atom. The second-order valence-corrected chi connectivity index (χ2v) is 22.8. The standard InChI is InChI=1S/C48H79NO14/c1-43(2)18-20-48(42(59)49-22-10-8-9-11-33(52)53)21-19-46(6)26(27(48)23-43)12-13-31-45(5)16-15-32(44(3,4)30(45)14-17-47(31,46)7)62-40-38(58)36(56)39(29(25-51)61-40)63-41-37(57)35(55)34(54)28(24-50)60-41/h12,27-32,34-41,50-51,54-58H,8-11,13-25H2,1-7H3,(H,49,59)(H,52,53)/t27?,28-,29-,30?,31?,32+,34+,35+,36-,37-,38-,39-,40+,41+,45+,46-,47-,48+/m1/s1. The van der Waals surface area contributed by atoms with Crippen LogP contribution in [0.4, 0.5) is 0 Å². The van der Waals surface area contributed by atoms with Crippen molar-refractivity contribution in [1.29, 1.82) is 0 Å². The van der Waals surface area contributed by atoms with Crippen LogP contribution in [-0.4, -0.2) is 140 Å². The van der Waals surface area contributed by atoms with E-state index in [1.165, 1.54) is 5.57 Å². The predicted molar refractivity (Wildman–Crippen MR) is 229 cm³/mol. The Labute approximate surface area is 373 Å². The molecule has 15 nitrogen and oxygen atoms in total. The molecule has 7 rings (SSSR count). The first kappa shape index (κ1) is 49.2. The largest absolute Gasteiger partial charge is 0.481 e. The molecule has 4 saturated carbocycles. The van der Waals surface area contributed by atoms with Crippen molar-refractivity contribution in [2.45, 2.75) is 206 Å². The lowest BCUT2D eigenvalue weighted by Crippen LogP contribution is -2.67. The zero-order chi connectivity index (χ0) is 46.1. The van der Waals surface area contributed by atoms with Gasteiger partial charge in [0.1, 0.15) is 48.8 Å². The zero-order valence-corrected chi connectivity index (χ0v) is 38.7. The van der Waals surface area contributed by atoms with Gasteiger partial charge in [-0.15, -0.1) is 0 Å². The van der Waals surface area contributed by atoms with E-state index in [1.54, 1.807) is 0 Å². The van der Waals surface area contributed by atoms with Gasteiger partial charge in [-0.2, -0.15) is 0 Å². The van der Waals surface area contributed by atoms with Crippen LogP contribution in [0.15, 0.2) is 11.6 Å². The van der Waals surface area contributed by atoms with Crippen molar-refractivity contribution >= 4 is 11.9 Å². The van der Waals surface area contributed by atoms with Crippen molar-refractivity contribution in [2.75, 3.05) is 19.8 Å². The summed E-state index contributed by atoms with van der Waals surface area (Å²) in [5, 5.41) is 86.2. The van der Waals surface area contributed by atoms with Gasteiger partial charge in [0.2, 0.25) is 5.91 Å². The van der Waals surface area contributed by atoms with Crippen LogP contribution < -0.4 is 5.32 Å². The maximum atomic E-state index is 14.4. The first-order valence-electron chi connectivity index (χ1n) is 24.0. The Bertz CT molecular complexity index is 1690. The van der Waals surface area contributed by atoms with E-state index < -0.39 is 86.0 Å². The van der Waals surface area contributed by atoms with E-state index in [0.717, 1.165) is 70.6 Å². The van der Waals surface area contributed by atoms with E-state index in [0.29, 0.717) is 25.3 Å². The number of ether oxygens (including phenoxy) is 4. The number of unbranched alkanes of at least 4 members (excludes halogenated alkanes) is 2. The Morgan fingerprint density at radius 2 is 1.38 bits per heavy atom. The summed E-state index contributed by atoms with van der Waals surface area (Å²) in [5.74, 6) is 0.207. The first-order valence-corrected chi connectivity index (χ1v) is 24.0. The molecule has 3 unspecified atom stereocenters. The molecule has 0 spiro atoms. The lowest BCUT2D eigenvalue weighted by atomic mass is 9.33. The third kappa shape index (κ3) is 8.37. The van der Waals surface area contributed by atoms with Gasteiger partial charge in [-0.05, 0) is 122 Å². The number of carboxylic acids is 1. The molecule has 1 amide bonds. The Balaban J connectivity index is 1.06. The van der Waals surface area contributed by atoms with Crippen LogP contribution in [0.3, 0.4) is 0 Å². The van der Waals surface area contributed by atoms with E-state index in [2.05, 4.69) is 59.9 Å². The van der Waals surface area contributed by atoms with Crippen LogP contribution in [0, 0.1) is 50.2 Å². The summed E-state index contributed by atoms with van der Waals surface area (Å²) >= 11 is 0. The lowest BCUT2D eigenvalue weighted by molar-refractivity contribution is -0.368. The van der Waals surface area contributed by atoms with E-state index in [4.69, 9.17) is 24.1 Å². The average molecular weight is 894 g/mol. The Hall–Kier alpha value is -1.76. The minimum absolute atomic E-state index is 0.00241. The molecule has 6 fully saturated rings. The smallest absolute Gasteiger partial charge is 0.303 e. The highest BCUT2D eigenvalue weighted by molar-refractivity contribution is 5.84. The summed E-state index contributed by atoms with van der Waals surface area (Å²) in [6.07, 6.45) is -1.35. The van der Waals surface area contributed by atoms with E-state index in [1.807, 2.05) is 0 Å². The molecule has 0 aromatic rings. The van der Waals surface area contributed by atoms with Crippen molar-refractivity contribution in [1.82, 2.24) is 5.32 Å². The van der Waals surface area contributed by atoms with E-state index >= 15 is 0 Å². The second kappa shape index (κ2) is 18.0. The molecular weight excluding hydrogens is 815 g/mol. The third-order valence-electron chi connectivity index (χ3n) is 18.6. The highest BCUT2D eigenvalue weighted by atomic mass is 16.7. The topological polar surface area (TPSA) is 245 Å². The molecule has 0 aromatic heterocycles. The molecule has 360 valence electrons. The van der Waals surface area contributed by atoms with Crippen LogP contribution in [0.1, 0.15) is 138 Å². The molecule has 2 heterocycles. The highest BCUT2D eigenvalue weighted by Gasteiger charge is 2.69. The van der Waals surface area contributed by atoms with Gasteiger partial charge in [-0.1, -0.05) is 66.5 Å². The lowest BCUT2D eigenvalue weighted by Gasteiger charge is -2.71. The van der Waals surface area contributed by atoms with Crippen molar-refractivity contribution in [2.24, 2.45) is 50.2 Å². The van der Waals surface area contributed by atoms with E-state index in [-0.39, 0.29) is 57.3 Å². The molecule has 5 aliphatic carbocycles. The number of hydrogen-bond acceptors (Lipinski definition) is 13. The molecule has 63 heavy (non-hydrogen) atoms. The number of carbonyl (C=O) groups excluding carboxylic acids is 1. The first-order chi connectivity index (χ1) is 29.5. The van der Waals surface area contributed by atoms with Gasteiger partial charge in [0.05, 0.1) is 24.7 Å². The maximum Gasteiger partial charge on any atom is 0.303 e. The van der Waals surface area contributed by atoms with Crippen LogP contribution in [0.2, 0.25) is 0 Å². The molecule has 15 heteroatoms. The van der Waals surface area contributed by atoms with Crippen LogP contribution in [-0.2, 0) is 28.5 Å². The fraction of sp³-hybridized carbons (Fsp3) is 0.917. The van der Waals surface area contributed by atoms with Crippen molar-refractivity contribution in [3.8, 4) is 0 Å². The molecule has 0 bridgehead atoms. The molecule has 9 N–H and O–H groups in total. The van der Waals surface area contributed by atoms with Crippen LogP contribution in [0.5, 0.6) is 0 Å². The van der Waals surface area contributed by atoms with Gasteiger partial charge in [-0.3, -0.25) is 9.59 Å². The zero-order valence-electron chi connectivity index (χ0n) is 38.7. The van der Waals surface area contributed by atoms with Crippen LogP contribution in [0.25, 0.3) is 0 Å². The van der Waals surface area contributed by atoms with Gasteiger partial charge in [0.25, 0.3) is 0 Å². The number of nitrogens with one attached hydrogen (secondary N) is 1.